The summed E-state index contributed by atoms with van der Waals surface area (Å²) >= 11 is 5.99. The first kappa shape index (κ1) is 18.3. The molecule has 128 valence electrons. The lowest BCUT2D eigenvalue weighted by molar-refractivity contribution is -0.116. The van der Waals surface area contributed by atoms with Gasteiger partial charge in [-0.2, -0.15) is 0 Å². The van der Waals surface area contributed by atoms with Gasteiger partial charge in [-0.1, -0.05) is 43.6 Å². The van der Waals surface area contributed by atoms with Gasteiger partial charge < -0.3 is 10.1 Å². The SMILES string of the molecule is Cc1cc(OCCCC(=O)Nc2ccccc2C(C)C)ccc1Cl. The number of hydrogen-bond donors (Lipinski definition) is 1. The Bertz CT molecular complexity index is 698. The van der Waals surface area contributed by atoms with Crippen molar-refractivity contribution in [2.24, 2.45) is 0 Å². The molecule has 4 heteroatoms. The predicted molar refractivity (Wildman–Crippen MR) is 100 cm³/mol. The largest absolute Gasteiger partial charge is 0.494 e. The molecule has 0 saturated heterocycles. The van der Waals surface area contributed by atoms with Crippen LogP contribution in [0, 0.1) is 6.92 Å². The van der Waals surface area contributed by atoms with Crippen LogP contribution < -0.4 is 10.1 Å². The van der Waals surface area contributed by atoms with Crippen LogP contribution in [-0.4, -0.2) is 12.5 Å². The number of benzene rings is 2. The molecule has 0 unspecified atom stereocenters. The molecular formula is C20H24ClNO2. The Hall–Kier alpha value is -2.00. The van der Waals surface area contributed by atoms with Gasteiger partial charge in [0.1, 0.15) is 5.75 Å². The van der Waals surface area contributed by atoms with Crippen molar-refractivity contribution in [2.75, 3.05) is 11.9 Å². The molecule has 1 N–H and O–H groups in total. The lowest BCUT2D eigenvalue weighted by Gasteiger charge is -2.13. The molecule has 0 spiro atoms. The number of nitrogens with one attached hydrogen (secondary N) is 1. The van der Waals surface area contributed by atoms with Gasteiger partial charge in [0.2, 0.25) is 5.91 Å². The van der Waals surface area contributed by atoms with Crippen molar-refractivity contribution in [2.45, 2.75) is 39.5 Å². The third-order valence-electron chi connectivity index (χ3n) is 3.80. The average Bonchev–Trinajstić information content (AvgIpc) is 2.55. The van der Waals surface area contributed by atoms with Crippen molar-refractivity contribution in [3.63, 3.8) is 0 Å². The molecule has 0 aliphatic heterocycles. The van der Waals surface area contributed by atoms with Crippen LogP contribution in [0.1, 0.15) is 43.7 Å². The third-order valence-corrected chi connectivity index (χ3v) is 4.23. The van der Waals surface area contributed by atoms with Crippen LogP contribution in [0.5, 0.6) is 5.75 Å². The van der Waals surface area contributed by atoms with E-state index in [0.717, 1.165) is 27.6 Å². The summed E-state index contributed by atoms with van der Waals surface area (Å²) in [7, 11) is 0. The number of carbonyl (C=O) groups excluding carboxylic acids is 1. The van der Waals surface area contributed by atoms with Crippen LogP contribution in [0.4, 0.5) is 5.69 Å². The molecule has 0 fully saturated rings. The molecule has 0 aliphatic rings. The van der Waals surface area contributed by atoms with Gasteiger partial charge >= 0.3 is 0 Å². The van der Waals surface area contributed by atoms with Crippen LogP contribution in [-0.2, 0) is 4.79 Å². The van der Waals surface area contributed by atoms with E-state index in [1.807, 2.05) is 49.4 Å². The monoisotopic (exact) mass is 345 g/mol. The van der Waals surface area contributed by atoms with Crippen LogP contribution in [0.15, 0.2) is 42.5 Å². The fraction of sp³-hybridized carbons (Fsp3) is 0.350. The highest BCUT2D eigenvalue weighted by Crippen LogP contribution is 2.24. The Morgan fingerprint density at radius 2 is 1.96 bits per heavy atom. The highest BCUT2D eigenvalue weighted by Gasteiger charge is 2.09. The second-order valence-electron chi connectivity index (χ2n) is 6.15. The molecule has 2 aromatic rings. The Balaban J connectivity index is 1.78. The minimum Gasteiger partial charge on any atom is -0.494 e. The van der Waals surface area contributed by atoms with E-state index in [0.29, 0.717) is 25.4 Å². The summed E-state index contributed by atoms with van der Waals surface area (Å²) in [4.78, 5) is 12.1. The first-order chi connectivity index (χ1) is 11.5. The number of halogens is 1. The number of rotatable bonds is 7. The minimum atomic E-state index is 0.0130. The number of amides is 1. The van der Waals surface area contributed by atoms with Crippen LogP contribution >= 0.6 is 11.6 Å². The van der Waals surface area contributed by atoms with Gasteiger partial charge in [-0.15, -0.1) is 0 Å². The second-order valence-corrected chi connectivity index (χ2v) is 6.56. The van der Waals surface area contributed by atoms with E-state index < -0.39 is 0 Å². The molecule has 0 aromatic heterocycles. The van der Waals surface area contributed by atoms with Gasteiger partial charge in [0, 0.05) is 17.1 Å². The Kier molecular flexibility index (Phi) is 6.68. The first-order valence-electron chi connectivity index (χ1n) is 8.25. The first-order valence-corrected chi connectivity index (χ1v) is 8.63. The Morgan fingerprint density at radius 3 is 2.67 bits per heavy atom. The average molecular weight is 346 g/mol. The van der Waals surface area contributed by atoms with Crippen LogP contribution in [0.3, 0.4) is 0 Å². The zero-order chi connectivity index (χ0) is 17.5. The predicted octanol–water partition coefficient (Wildman–Crippen LogP) is 5.57. The third kappa shape index (κ3) is 5.27. The molecule has 0 saturated carbocycles. The molecule has 24 heavy (non-hydrogen) atoms. The Labute approximate surface area is 149 Å². The van der Waals surface area contributed by atoms with Crippen molar-refractivity contribution < 1.29 is 9.53 Å². The normalized spacial score (nSPS) is 10.7. The van der Waals surface area contributed by atoms with E-state index in [-0.39, 0.29) is 5.91 Å². The van der Waals surface area contributed by atoms with Gasteiger partial charge in [0.25, 0.3) is 0 Å². The van der Waals surface area contributed by atoms with Crippen molar-refractivity contribution in [1.82, 2.24) is 0 Å². The van der Waals surface area contributed by atoms with Crippen molar-refractivity contribution in [1.29, 1.82) is 0 Å². The molecule has 1 amide bonds. The summed E-state index contributed by atoms with van der Waals surface area (Å²) < 4.78 is 5.67. The van der Waals surface area contributed by atoms with E-state index in [4.69, 9.17) is 16.3 Å². The highest BCUT2D eigenvalue weighted by molar-refractivity contribution is 6.31. The minimum absolute atomic E-state index is 0.0130. The summed E-state index contributed by atoms with van der Waals surface area (Å²) in [5.41, 5.74) is 3.03. The molecule has 0 aliphatic carbocycles. The summed E-state index contributed by atoms with van der Waals surface area (Å²) in [5.74, 6) is 1.17. The number of carbonyl (C=O) groups is 1. The lowest BCUT2D eigenvalue weighted by Crippen LogP contribution is -2.14. The molecule has 0 bridgehead atoms. The summed E-state index contributed by atoms with van der Waals surface area (Å²) in [5, 5.41) is 3.72. The smallest absolute Gasteiger partial charge is 0.224 e. The van der Waals surface area contributed by atoms with Gasteiger partial charge in [0.05, 0.1) is 6.61 Å². The fourth-order valence-electron chi connectivity index (χ4n) is 2.46. The second kappa shape index (κ2) is 8.74. The van der Waals surface area contributed by atoms with Crippen LogP contribution in [0.2, 0.25) is 5.02 Å². The summed E-state index contributed by atoms with van der Waals surface area (Å²) in [6.07, 6.45) is 1.09. The van der Waals surface area contributed by atoms with Gasteiger partial charge in [-0.25, -0.2) is 0 Å². The number of hydrogen-bond acceptors (Lipinski definition) is 2. The van der Waals surface area contributed by atoms with E-state index in [1.54, 1.807) is 0 Å². The number of ether oxygens (including phenoxy) is 1. The maximum atomic E-state index is 12.1. The van der Waals surface area contributed by atoms with Crippen LogP contribution in [0.25, 0.3) is 0 Å². The lowest BCUT2D eigenvalue weighted by atomic mass is 10.0. The van der Waals surface area contributed by atoms with E-state index in [9.17, 15) is 4.79 Å². The zero-order valence-corrected chi connectivity index (χ0v) is 15.2. The molecule has 3 nitrogen and oxygen atoms in total. The van der Waals surface area contributed by atoms with E-state index >= 15 is 0 Å². The number of aryl methyl sites for hydroxylation is 1. The van der Waals surface area contributed by atoms with Crippen molar-refractivity contribution in [3.8, 4) is 5.75 Å². The van der Waals surface area contributed by atoms with E-state index in [2.05, 4.69) is 19.2 Å². The number of anilines is 1. The quantitative estimate of drug-likeness (QED) is 0.666. The molecule has 2 rings (SSSR count). The fourth-order valence-corrected chi connectivity index (χ4v) is 2.57. The zero-order valence-electron chi connectivity index (χ0n) is 14.4. The standard InChI is InChI=1S/C20H24ClNO2/c1-14(2)17-7-4-5-8-19(17)22-20(23)9-6-12-24-16-10-11-18(21)15(3)13-16/h4-5,7-8,10-11,13-14H,6,9,12H2,1-3H3,(H,22,23). The topological polar surface area (TPSA) is 38.3 Å². The summed E-state index contributed by atoms with van der Waals surface area (Å²) in [6, 6.07) is 13.5. The molecule has 0 radical (unpaired) electrons. The van der Waals surface area contributed by atoms with Gasteiger partial charge in [-0.3, -0.25) is 4.79 Å². The van der Waals surface area contributed by atoms with E-state index in [1.165, 1.54) is 0 Å². The molecule has 0 heterocycles. The summed E-state index contributed by atoms with van der Waals surface area (Å²) in [6.45, 7) is 6.68. The molecule has 2 aromatic carbocycles. The maximum absolute atomic E-state index is 12.1. The molecule has 0 atom stereocenters. The van der Waals surface area contributed by atoms with Gasteiger partial charge in [-0.05, 0) is 54.7 Å². The van der Waals surface area contributed by atoms with Crippen molar-refractivity contribution in [3.05, 3.63) is 58.6 Å². The highest BCUT2D eigenvalue weighted by atomic mass is 35.5. The van der Waals surface area contributed by atoms with Crippen molar-refractivity contribution >= 4 is 23.2 Å². The molecular weight excluding hydrogens is 322 g/mol. The van der Waals surface area contributed by atoms with Gasteiger partial charge in [0.15, 0.2) is 0 Å². The maximum Gasteiger partial charge on any atom is 0.224 e. The Morgan fingerprint density at radius 1 is 1.21 bits per heavy atom. The number of para-hydroxylation sites is 1.